The number of nitrogens with one attached hydrogen (secondary N) is 2. The summed E-state index contributed by atoms with van der Waals surface area (Å²) in [5.74, 6) is 2.31. The summed E-state index contributed by atoms with van der Waals surface area (Å²) in [5, 5.41) is 6.98. The normalized spacial score (nSPS) is 26.2. The number of rotatable bonds is 8. The Kier molecular flexibility index (Phi) is 6.60. The first-order valence-electron chi connectivity index (χ1n) is 9.94. The van der Waals surface area contributed by atoms with E-state index in [0.717, 1.165) is 36.8 Å². The van der Waals surface area contributed by atoms with Crippen molar-refractivity contribution in [1.82, 2.24) is 10.6 Å². The van der Waals surface area contributed by atoms with Gasteiger partial charge in [0.15, 0.2) is 5.96 Å². The number of aliphatic imine (C=N–C) groups is 1. The fourth-order valence-corrected chi connectivity index (χ4v) is 4.31. The molecule has 1 aromatic carbocycles. The van der Waals surface area contributed by atoms with Crippen molar-refractivity contribution in [2.24, 2.45) is 16.3 Å². The predicted molar refractivity (Wildman–Crippen MR) is 107 cm³/mol. The highest BCUT2D eigenvalue weighted by Gasteiger charge is 2.59. The number of guanidine groups is 1. The molecular formula is C21H33N3O3. The number of ether oxygens (including phenoxy) is 3. The van der Waals surface area contributed by atoms with Gasteiger partial charge in [-0.25, -0.2) is 0 Å². The maximum Gasteiger partial charge on any atom is 0.191 e. The average Bonchev–Trinajstić information content (AvgIpc) is 3.13. The Hall–Kier alpha value is -1.79. The van der Waals surface area contributed by atoms with E-state index in [1.807, 2.05) is 24.3 Å². The molecule has 0 radical (unpaired) electrons. The second-order valence-electron chi connectivity index (χ2n) is 7.81. The first-order chi connectivity index (χ1) is 13.1. The van der Waals surface area contributed by atoms with Crippen LogP contribution in [-0.2, 0) is 16.1 Å². The van der Waals surface area contributed by atoms with E-state index in [9.17, 15) is 0 Å². The molecule has 0 bridgehead atoms. The summed E-state index contributed by atoms with van der Waals surface area (Å²) in [6.07, 6.45) is 1.51. The van der Waals surface area contributed by atoms with Crippen molar-refractivity contribution in [2.45, 2.75) is 45.9 Å². The lowest BCUT2D eigenvalue weighted by atomic mass is 9.57. The quantitative estimate of drug-likeness (QED) is 0.415. The van der Waals surface area contributed by atoms with Gasteiger partial charge in [0.05, 0.1) is 33.0 Å². The Morgan fingerprint density at radius 1 is 1.33 bits per heavy atom. The molecule has 2 N–H and O–H groups in total. The van der Waals surface area contributed by atoms with Crippen molar-refractivity contribution in [1.29, 1.82) is 0 Å². The lowest BCUT2D eigenvalue weighted by Gasteiger charge is -2.54. The highest BCUT2D eigenvalue weighted by molar-refractivity contribution is 5.80. The molecule has 2 fully saturated rings. The molecule has 3 atom stereocenters. The molecule has 0 amide bonds. The molecule has 1 aliphatic carbocycles. The minimum Gasteiger partial charge on any atom is -0.496 e. The van der Waals surface area contributed by atoms with Crippen molar-refractivity contribution in [3.8, 4) is 5.75 Å². The standard InChI is InChI=1S/C21H33N3O3/c1-5-22-20(24-18-16-10-12-27-19(16)21(18,2)3)23-11-13-26-14-15-8-6-7-9-17(15)25-4/h6-9,16,18-19H,5,10-14H2,1-4H3,(H2,22,23,24). The SMILES string of the molecule is CCNC(=NCCOCc1ccccc1OC)NC1C2CCOC2C1(C)C. The van der Waals surface area contributed by atoms with Gasteiger partial charge in [-0.1, -0.05) is 32.0 Å². The number of fused-ring (bicyclic) bond motifs is 1. The van der Waals surface area contributed by atoms with Crippen LogP contribution in [0.5, 0.6) is 5.75 Å². The molecule has 1 saturated heterocycles. The molecule has 3 unspecified atom stereocenters. The highest BCUT2D eigenvalue weighted by atomic mass is 16.5. The molecule has 1 heterocycles. The molecular weight excluding hydrogens is 342 g/mol. The van der Waals surface area contributed by atoms with Gasteiger partial charge in [0, 0.05) is 36.1 Å². The zero-order valence-electron chi connectivity index (χ0n) is 17.0. The van der Waals surface area contributed by atoms with Crippen LogP contribution in [0.3, 0.4) is 0 Å². The Balaban J connectivity index is 1.48. The minimum absolute atomic E-state index is 0.137. The van der Waals surface area contributed by atoms with E-state index in [2.05, 4.69) is 36.4 Å². The summed E-state index contributed by atoms with van der Waals surface area (Å²) in [5.41, 5.74) is 1.19. The first kappa shape index (κ1) is 20.0. The van der Waals surface area contributed by atoms with E-state index < -0.39 is 0 Å². The van der Waals surface area contributed by atoms with Gasteiger partial charge in [0.1, 0.15) is 5.75 Å². The van der Waals surface area contributed by atoms with Crippen LogP contribution in [0.2, 0.25) is 0 Å². The third-order valence-corrected chi connectivity index (χ3v) is 5.69. The summed E-state index contributed by atoms with van der Waals surface area (Å²) in [6, 6.07) is 8.32. The third-order valence-electron chi connectivity index (χ3n) is 5.69. The molecule has 6 nitrogen and oxygen atoms in total. The largest absolute Gasteiger partial charge is 0.496 e. The second-order valence-corrected chi connectivity index (χ2v) is 7.81. The summed E-state index contributed by atoms with van der Waals surface area (Å²) in [7, 11) is 1.68. The Morgan fingerprint density at radius 2 is 2.15 bits per heavy atom. The zero-order chi connectivity index (χ0) is 19.3. The summed E-state index contributed by atoms with van der Waals surface area (Å²) >= 11 is 0. The second kappa shape index (κ2) is 8.93. The summed E-state index contributed by atoms with van der Waals surface area (Å²) < 4.78 is 17.0. The molecule has 27 heavy (non-hydrogen) atoms. The van der Waals surface area contributed by atoms with Gasteiger partial charge in [-0.2, -0.15) is 0 Å². The molecule has 0 aromatic heterocycles. The molecule has 6 heteroatoms. The maximum absolute atomic E-state index is 5.88. The molecule has 150 valence electrons. The van der Waals surface area contributed by atoms with E-state index in [0.29, 0.717) is 37.8 Å². The monoisotopic (exact) mass is 375 g/mol. The van der Waals surface area contributed by atoms with E-state index in [4.69, 9.17) is 14.2 Å². The number of methoxy groups -OCH3 is 1. The van der Waals surface area contributed by atoms with Crippen molar-refractivity contribution >= 4 is 5.96 Å². The number of benzene rings is 1. The predicted octanol–water partition coefficient (Wildman–Crippen LogP) is 2.58. The summed E-state index contributed by atoms with van der Waals surface area (Å²) in [4.78, 5) is 4.69. The maximum atomic E-state index is 5.88. The molecule has 1 saturated carbocycles. The van der Waals surface area contributed by atoms with E-state index in [1.165, 1.54) is 0 Å². The van der Waals surface area contributed by atoms with Crippen LogP contribution in [0.15, 0.2) is 29.3 Å². The van der Waals surface area contributed by atoms with Crippen LogP contribution in [0.4, 0.5) is 0 Å². The van der Waals surface area contributed by atoms with Gasteiger partial charge >= 0.3 is 0 Å². The molecule has 2 aliphatic rings. The minimum atomic E-state index is 0.137. The number of nitrogens with zero attached hydrogens (tertiary/aromatic N) is 1. The van der Waals surface area contributed by atoms with E-state index in [-0.39, 0.29) is 5.41 Å². The van der Waals surface area contributed by atoms with Gasteiger partial charge in [0.25, 0.3) is 0 Å². The molecule has 3 rings (SSSR count). The first-order valence-corrected chi connectivity index (χ1v) is 9.94. The van der Waals surface area contributed by atoms with Gasteiger partial charge in [-0.3, -0.25) is 4.99 Å². The van der Waals surface area contributed by atoms with Crippen LogP contribution in [0.1, 0.15) is 32.8 Å². The lowest BCUT2D eigenvalue weighted by Crippen LogP contribution is -2.68. The van der Waals surface area contributed by atoms with Crippen molar-refractivity contribution in [3.05, 3.63) is 29.8 Å². The zero-order valence-corrected chi connectivity index (χ0v) is 17.0. The molecule has 0 spiro atoms. The topological polar surface area (TPSA) is 64.1 Å². The Labute approximate surface area is 162 Å². The van der Waals surface area contributed by atoms with Gasteiger partial charge in [-0.15, -0.1) is 0 Å². The van der Waals surface area contributed by atoms with Crippen LogP contribution < -0.4 is 15.4 Å². The molecule has 1 aliphatic heterocycles. The average molecular weight is 376 g/mol. The summed E-state index contributed by atoms with van der Waals surface area (Å²) in [6.45, 7) is 10.1. The van der Waals surface area contributed by atoms with Gasteiger partial charge in [-0.05, 0) is 19.4 Å². The molecule has 1 aromatic rings. The van der Waals surface area contributed by atoms with E-state index >= 15 is 0 Å². The number of para-hydroxylation sites is 1. The Bertz CT molecular complexity index is 647. The van der Waals surface area contributed by atoms with Crippen molar-refractivity contribution in [2.75, 3.05) is 33.4 Å². The van der Waals surface area contributed by atoms with E-state index in [1.54, 1.807) is 7.11 Å². The highest BCUT2D eigenvalue weighted by Crippen LogP contribution is 2.52. The van der Waals surface area contributed by atoms with Crippen molar-refractivity contribution in [3.63, 3.8) is 0 Å². The van der Waals surface area contributed by atoms with Gasteiger partial charge < -0.3 is 24.8 Å². The third kappa shape index (κ3) is 4.38. The van der Waals surface area contributed by atoms with Crippen LogP contribution >= 0.6 is 0 Å². The van der Waals surface area contributed by atoms with Crippen molar-refractivity contribution < 1.29 is 14.2 Å². The Morgan fingerprint density at radius 3 is 2.93 bits per heavy atom. The van der Waals surface area contributed by atoms with Gasteiger partial charge in [0.2, 0.25) is 0 Å². The van der Waals surface area contributed by atoms with Crippen LogP contribution in [0, 0.1) is 11.3 Å². The number of hydrogen-bond donors (Lipinski definition) is 2. The van der Waals surface area contributed by atoms with Crippen LogP contribution in [0.25, 0.3) is 0 Å². The number of hydrogen-bond acceptors (Lipinski definition) is 4. The van der Waals surface area contributed by atoms with Crippen LogP contribution in [-0.4, -0.2) is 51.5 Å². The fourth-order valence-electron chi connectivity index (χ4n) is 4.31. The lowest BCUT2D eigenvalue weighted by molar-refractivity contribution is -0.106. The smallest absolute Gasteiger partial charge is 0.191 e. The fraction of sp³-hybridized carbons (Fsp3) is 0.667.